The van der Waals surface area contributed by atoms with Gasteiger partial charge in [-0.05, 0) is 73.9 Å². The molecule has 0 fully saturated rings. The maximum atomic E-state index is 12.3. The first-order valence-electron chi connectivity index (χ1n) is 10.2. The Kier molecular flexibility index (Phi) is 5.89. The van der Waals surface area contributed by atoms with Gasteiger partial charge in [0.15, 0.2) is 0 Å². The third-order valence-corrected chi connectivity index (χ3v) is 5.21. The lowest BCUT2D eigenvalue weighted by atomic mass is 10.1. The molecule has 2 N–H and O–H groups in total. The van der Waals surface area contributed by atoms with Crippen LogP contribution in [0.5, 0.6) is 5.75 Å². The van der Waals surface area contributed by atoms with Crippen LogP contribution in [0.2, 0.25) is 0 Å². The quantitative estimate of drug-likeness (QED) is 0.476. The molecule has 162 valence electrons. The molecule has 0 aliphatic heterocycles. The van der Waals surface area contributed by atoms with Crippen molar-refractivity contribution in [2.24, 2.45) is 0 Å². The fourth-order valence-corrected chi connectivity index (χ4v) is 3.30. The van der Waals surface area contributed by atoms with Crippen LogP contribution in [-0.2, 0) is 6.61 Å². The number of aryl methyl sites for hydroxylation is 2. The van der Waals surface area contributed by atoms with Gasteiger partial charge in [-0.3, -0.25) is 9.20 Å². The van der Waals surface area contributed by atoms with Crippen molar-refractivity contribution in [3.63, 3.8) is 0 Å². The third kappa shape index (κ3) is 4.78. The van der Waals surface area contributed by atoms with Crippen LogP contribution in [-0.4, -0.2) is 15.4 Å². The number of nitrogens with zero attached hydrogens (tertiary/aromatic N) is 2. The number of carbonyl (C=O) groups is 1. The van der Waals surface area contributed by atoms with Crippen molar-refractivity contribution in [3.05, 3.63) is 99.6 Å². The van der Waals surface area contributed by atoms with E-state index in [0.717, 1.165) is 22.4 Å². The Hall–Kier alpha value is -4.13. The number of rotatable bonds is 5. The molecular formula is C25H24N4O3. The molecule has 0 unspecified atom stereocenters. The molecule has 7 heteroatoms. The van der Waals surface area contributed by atoms with Crippen LogP contribution in [0, 0.1) is 20.8 Å². The van der Waals surface area contributed by atoms with E-state index in [2.05, 4.69) is 15.6 Å². The topological polar surface area (TPSA) is 84.7 Å². The standard InChI is InChI=1S/C25H24N4O3/c1-16-7-12-23-26-20(13-24(30)29(23)14-16)15-32-21-10-8-19(9-11-21)27-25(31)28-22-6-4-5-17(2)18(22)3/h4-14H,15H2,1-3H3,(H2,27,28,31). The summed E-state index contributed by atoms with van der Waals surface area (Å²) < 4.78 is 7.28. The molecule has 0 aliphatic rings. The van der Waals surface area contributed by atoms with Crippen LogP contribution in [0.3, 0.4) is 0 Å². The van der Waals surface area contributed by atoms with E-state index >= 15 is 0 Å². The van der Waals surface area contributed by atoms with Crippen molar-refractivity contribution in [2.45, 2.75) is 27.4 Å². The zero-order chi connectivity index (χ0) is 22.7. The molecule has 2 heterocycles. The van der Waals surface area contributed by atoms with Gasteiger partial charge in [0.25, 0.3) is 5.56 Å². The molecule has 4 aromatic rings. The zero-order valence-electron chi connectivity index (χ0n) is 18.2. The number of nitrogens with one attached hydrogen (secondary N) is 2. The minimum absolute atomic E-state index is 0.147. The normalized spacial score (nSPS) is 10.7. The molecule has 32 heavy (non-hydrogen) atoms. The molecule has 2 amide bonds. The Morgan fingerprint density at radius 1 is 1.00 bits per heavy atom. The lowest BCUT2D eigenvalue weighted by Crippen LogP contribution is -2.20. The summed E-state index contributed by atoms with van der Waals surface area (Å²) in [5.41, 5.74) is 5.53. The third-order valence-electron chi connectivity index (χ3n) is 5.21. The molecule has 0 radical (unpaired) electrons. The number of fused-ring (bicyclic) bond motifs is 1. The van der Waals surface area contributed by atoms with Gasteiger partial charge in [-0.25, -0.2) is 9.78 Å². The van der Waals surface area contributed by atoms with Gasteiger partial charge in [0.2, 0.25) is 0 Å². The Labute approximate surface area is 185 Å². The summed E-state index contributed by atoms with van der Waals surface area (Å²) >= 11 is 0. The van der Waals surface area contributed by atoms with Crippen LogP contribution in [0.15, 0.2) is 71.7 Å². The average molecular weight is 428 g/mol. The highest BCUT2D eigenvalue weighted by atomic mass is 16.5. The number of hydrogen-bond donors (Lipinski definition) is 2. The SMILES string of the molecule is Cc1ccc2nc(COc3ccc(NC(=O)Nc4cccc(C)c4C)cc3)cc(=O)n2c1. The summed E-state index contributed by atoms with van der Waals surface area (Å²) in [4.78, 5) is 29.1. The van der Waals surface area contributed by atoms with Gasteiger partial charge in [-0.2, -0.15) is 0 Å². The first-order chi connectivity index (χ1) is 15.4. The Morgan fingerprint density at radius 3 is 2.56 bits per heavy atom. The number of aromatic nitrogens is 2. The molecule has 0 atom stereocenters. The number of amides is 2. The van der Waals surface area contributed by atoms with Gasteiger partial charge in [-0.1, -0.05) is 18.2 Å². The van der Waals surface area contributed by atoms with Crippen LogP contribution < -0.4 is 20.9 Å². The smallest absolute Gasteiger partial charge is 0.323 e. The minimum atomic E-state index is -0.316. The fourth-order valence-electron chi connectivity index (χ4n) is 3.30. The van der Waals surface area contributed by atoms with Crippen LogP contribution in [0.25, 0.3) is 5.65 Å². The number of hydrogen-bond acceptors (Lipinski definition) is 4. The highest BCUT2D eigenvalue weighted by Crippen LogP contribution is 2.20. The van der Waals surface area contributed by atoms with E-state index in [1.54, 1.807) is 30.5 Å². The van der Waals surface area contributed by atoms with Crippen molar-refractivity contribution >= 4 is 23.1 Å². The number of urea groups is 1. The molecule has 0 saturated heterocycles. The molecule has 0 saturated carbocycles. The lowest BCUT2D eigenvalue weighted by molar-refractivity contribution is 0.262. The zero-order valence-corrected chi connectivity index (χ0v) is 18.2. The highest BCUT2D eigenvalue weighted by molar-refractivity contribution is 6.00. The molecule has 7 nitrogen and oxygen atoms in total. The Morgan fingerprint density at radius 2 is 1.78 bits per heavy atom. The summed E-state index contributed by atoms with van der Waals surface area (Å²) in [6.07, 6.45) is 1.76. The summed E-state index contributed by atoms with van der Waals surface area (Å²) in [5, 5.41) is 5.67. The monoisotopic (exact) mass is 428 g/mol. The van der Waals surface area contributed by atoms with E-state index in [9.17, 15) is 9.59 Å². The van der Waals surface area contributed by atoms with Gasteiger partial charge in [-0.15, -0.1) is 0 Å². The molecule has 2 aromatic heterocycles. The molecule has 0 aliphatic carbocycles. The second-order valence-corrected chi connectivity index (χ2v) is 7.66. The molecule has 0 spiro atoms. The number of carbonyl (C=O) groups excluding carboxylic acids is 1. The predicted molar refractivity (Wildman–Crippen MR) is 126 cm³/mol. The summed E-state index contributed by atoms with van der Waals surface area (Å²) in [7, 11) is 0. The predicted octanol–water partition coefficient (Wildman–Crippen LogP) is 4.84. The summed E-state index contributed by atoms with van der Waals surface area (Å²) in [6.45, 7) is 6.06. The second kappa shape index (κ2) is 8.93. The van der Waals surface area contributed by atoms with Crippen molar-refractivity contribution in [1.82, 2.24) is 9.38 Å². The first-order valence-corrected chi connectivity index (χ1v) is 10.2. The lowest BCUT2D eigenvalue weighted by Gasteiger charge is -2.12. The Balaban J connectivity index is 1.37. The van der Waals surface area contributed by atoms with Gasteiger partial charge < -0.3 is 15.4 Å². The van der Waals surface area contributed by atoms with Gasteiger partial charge >= 0.3 is 6.03 Å². The summed E-state index contributed by atoms with van der Waals surface area (Å²) in [6, 6.07) is 17.7. The molecular weight excluding hydrogens is 404 g/mol. The van der Waals surface area contributed by atoms with Crippen molar-refractivity contribution in [2.75, 3.05) is 10.6 Å². The Bertz CT molecular complexity index is 1340. The van der Waals surface area contributed by atoms with Gasteiger partial charge in [0.05, 0.1) is 5.69 Å². The van der Waals surface area contributed by atoms with Crippen molar-refractivity contribution in [1.29, 1.82) is 0 Å². The maximum absolute atomic E-state index is 12.3. The largest absolute Gasteiger partial charge is 0.487 e. The van der Waals surface area contributed by atoms with Crippen LogP contribution >= 0.6 is 0 Å². The molecule has 2 aromatic carbocycles. The molecule has 4 rings (SSSR count). The first kappa shape index (κ1) is 21.1. The number of pyridine rings is 1. The van der Waals surface area contributed by atoms with Crippen molar-refractivity contribution in [3.8, 4) is 5.75 Å². The van der Waals surface area contributed by atoms with Crippen LogP contribution in [0.1, 0.15) is 22.4 Å². The second-order valence-electron chi connectivity index (χ2n) is 7.66. The van der Waals surface area contributed by atoms with E-state index in [0.29, 0.717) is 22.8 Å². The van der Waals surface area contributed by atoms with E-state index in [1.165, 1.54) is 10.5 Å². The minimum Gasteiger partial charge on any atom is -0.487 e. The van der Waals surface area contributed by atoms with Crippen LogP contribution in [0.4, 0.5) is 16.2 Å². The van der Waals surface area contributed by atoms with Gasteiger partial charge in [0.1, 0.15) is 18.0 Å². The average Bonchev–Trinajstić information content (AvgIpc) is 2.77. The maximum Gasteiger partial charge on any atom is 0.323 e. The number of benzene rings is 2. The van der Waals surface area contributed by atoms with E-state index in [-0.39, 0.29) is 18.2 Å². The number of anilines is 2. The van der Waals surface area contributed by atoms with E-state index in [4.69, 9.17) is 4.74 Å². The molecule has 0 bridgehead atoms. The highest BCUT2D eigenvalue weighted by Gasteiger charge is 2.07. The van der Waals surface area contributed by atoms with Crippen molar-refractivity contribution < 1.29 is 9.53 Å². The number of ether oxygens (including phenoxy) is 1. The van der Waals surface area contributed by atoms with E-state index < -0.39 is 0 Å². The fraction of sp³-hybridized carbons (Fsp3) is 0.160. The summed E-state index contributed by atoms with van der Waals surface area (Å²) in [5.74, 6) is 0.608. The van der Waals surface area contributed by atoms with E-state index in [1.807, 2.05) is 51.1 Å². The van der Waals surface area contributed by atoms with Gasteiger partial charge in [0, 0.05) is 23.6 Å².